The maximum atomic E-state index is 12.2. The number of hydrogen-bond acceptors (Lipinski definition) is 5. The Morgan fingerprint density at radius 3 is 2.77 bits per heavy atom. The summed E-state index contributed by atoms with van der Waals surface area (Å²) < 4.78 is 46.3. The first-order valence-corrected chi connectivity index (χ1v) is 7.07. The number of hydrogen-bond donors (Lipinski definition) is 0. The van der Waals surface area contributed by atoms with E-state index in [4.69, 9.17) is 9.26 Å². The fourth-order valence-corrected chi connectivity index (χ4v) is 2.38. The van der Waals surface area contributed by atoms with Gasteiger partial charge in [-0.25, -0.2) is 0 Å². The van der Waals surface area contributed by atoms with E-state index < -0.39 is 12.8 Å². The van der Waals surface area contributed by atoms with Crippen molar-refractivity contribution in [1.29, 1.82) is 0 Å². The van der Waals surface area contributed by atoms with Gasteiger partial charge in [0.2, 0.25) is 5.82 Å². The summed E-state index contributed by atoms with van der Waals surface area (Å²) >= 11 is 1.46. The summed E-state index contributed by atoms with van der Waals surface area (Å²) in [5.74, 6) is 0.748. The van der Waals surface area contributed by atoms with Crippen molar-refractivity contribution < 1.29 is 22.4 Å². The minimum absolute atomic E-state index is 0.0886. The Labute approximate surface area is 127 Å². The summed E-state index contributed by atoms with van der Waals surface area (Å²) in [4.78, 5) is 5.07. The van der Waals surface area contributed by atoms with E-state index in [0.29, 0.717) is 11.4 Å². The monoisotopic (exact) mass is 326 g/mol. The first-order chi connectivity index (χ1) is 10.5. The third-order valence-electron chi connectivity index (χ3n) is 2.65. The number of halogens is 3. The molecule has 4 nitrogen and oxygen atoms in total. The van der Waals surface area contributed by atoms with Crippen molar-refractivity contribution in [2.75, 3.05) is 6.61 Å². The highest BCUT2D eigenvalue weighted by Gasteiger charge is 2.28. The Balaban J connectivity index is 1.80. The topological polar surface area (TPSA) is 48.2 Å². The van der Waals surface area contributed by atoms with Gasteiger partial charge in [0, 0.05) is 5.56 Å². The number of nitrogens with zero attached hydrogens (tertiary/aromatic N) is 2. The second-order valence-corrected chi connectivity index (χ2v) is 5.28. The van der Waals surface area contributed by atoms with Gasteiger partial charge in [-0.15, -0.1) is 11.3 Å². The standard InChI is InChI=1S/C14H9F3N2O2S/c15-14(16,17)8-20-10-4-1-3-9(7-10)13-18-12(19-21-13)11-5-2-6-22-11/h1-7H,8H2. The van der Waals surface area contributed by atoms with E-state index in [9.17, 15) is 13.2 Å². The van der Waals surface area contributed by atoms with Crippen molar-refractivity contribution in [3.8, 4) is 27.9 Å². The highest BCUT2D eigenvalue weighted by atomic mass is 32.1. The van der Waals surface area contributed by atoms with E-state index >= 15 is 0 Å². The molecule has 0 bridgehead atoms. The summed E-state index contributed by atoms with van der Waals surface area (Å²) in [5, 5.41) is 5.74. The molecule has 22 heavy (non-hydrogen) atoms. The SMILES string of the molecule is FC(F)(F)COc1cccc(-c2nc(-c3cccs3)no2)c1. The van der Waals surface area contributed by atoms with Crippen LogP contribution in [-0.2, 0) is 0 Å². The number of thiophene rings is 1. The van der Waals surface area contributed by atoms with Gasteiger partial charge in [0.15, 0.2) is 6.61 Å². The third kappa shape index (κ3) is 3.45. The van der Waals surface area contributed by atoms with Gasteiger partial charge in [0.25, 0.3) is 5.89 Å². The van der Waals surface area contributed by atoms with E-state index in [1.807, 2.05) is 17.5 Å². The van der Waals surface area contributed by atoms with Crippen LogP contribution in [0, 0.1) is 0 Å². The molecule has 114 valence electrons. The summed E-state index contributed by atoms with van der Waals surface area (Å²) in [6.45, 7) is -1.35. The summed E-state index contributed by atoms with van der Waals surface area (Å²) in [5.41, 5.74) is 0.495. The molecule has 0 spiro atoms. The number of benzene rings is 1. The Morgan fingerprint density at radius 2 is 2.05 bits per heavy atom. The van der Waals surface area contributed by atoms with Crippen molar-refractivity contribution in [3.63, 3.8) is 0 Å². The lowest BCUT2D eigenvalue weighted by molar-refractivity contribution is -0.153. The molecule has 0 fully saturated rings. The van der Waals surface area contributed by atoms with Gasteiger partial charge in [-0.1, -0.05) is 17.3 Å². The fraction of sp³-hybridized carbons (Fsp3) is 0.143. The summed E-state index contributed by atoms with van der Waals surface area (Å²) in [6, 6.07) is 9.80. The van der Waals surface area contributed by atoms with Crippen LogP contribution >= 0.6 is 11.3 Å². The second kappa shape index (κ2) is 5.80. The molecule has 1 aromatic carbocycles. The van der Waals surface area contributed by atoms with E-state index in [0.717, 1.165) is 4.88 Å². The van der Waals surface area contributed by atoms with Crippen molar-refractivity contribution in [2.24, 2.45) is 0 Å². The lowest BCUT2D eigenvalue weighted by Crippen LogP contribution is -2.19. The van der Waals surface area contributed by atoms with Gasteiger partial charge < -0.3 is 9.26 Å². The molecule has 0 amide bonds. The highest BCUT2D eigenvalue weighted by Crippen LogP contribution is 2.27. The van der Waals surface area contributed by atoms with Crippen LogP contribution in [0.5, 0.6) is 5.75 Å². The average Bonchev–Trinajstić information content (AvgIpc) is 3.15. The van der Waals surface area contributed by atoms with Gasteiger partial charge in [0.1, 0.15) is 5.75 Å². The second-order valence-electron chi connectivity index (χ2n) is 4.33. The number of alkyl halides is 3. The van der Waals surface area contributed by atoms with Crippen LogP contribution in [0.2, 0.25) is 0 Å². The summed E-state index contributed by atoms with van der Waals surface area (Å²) in [7, 11) is 0. The van der Waals surface area contributed by atoms with Gasteiger partial charge in [-0.2, -0.15) is 18.2 Å². The molecular formula is C14H9F3N2O2S. The number of ether oxygens (including phenoxy) is 1. The highest BCUT2D eigenvalue weighted by molar-refractivity contribution is 7.13. The van der Waals surface area contributed by atoms with E-state index in [1.165, 1.54) is 23.5 Å². The quantitative estimate of drug-likeness (QED) is 0.713. The van der Waals surface area contributed by atoms with Crippen molar-refractivity contribution in [1.82, 2.24) is 10.1 Å². The maximum absolute atomic E-state index is 12.2. The molecule has 3 rings (SSSR count). The molecule has 0 aliphatic carbocycles. The first kappa shape index (κ1) is 14.6. The van der Waals surface area contributed by atoms with Crippen LogP contribution < -0.4 is 4.74 Å². The summed E-state index contributed by atoms with van der Waals surface area (Å²) in [6.07, 6.45) is -4.38. The van der Waals surface area contributed by atoms with Crippen LogP contribution in [0.25, 0.3) is 22.2 Å². The van der Waals surface area contributed by atoms with Gasteiger partial charge in [-0.05, 0) is 29.6 Å². The number of aromatic nitrogens is 2. The lowest BCUT2D eigenvalue weighted by Gasteiger charge is -2.09. The molecular weight excluding hydrogens is 317 g/mol. The van der Waals surface area contributed by atoms with Crippen LogP contribution in [0.4, 0.5) is 13.2 Å². The fourth-order valence-electron chi connectivity index (χ4n) is 1.73. The van der Waals surface area contributed by atoms with Crippen LogP contribution in [0.1, 0.15) is 0 Å². The van der Waals surface area contributed by atoms with E-state index in [2.05, 4.69) is 10.1 Å². The zero-order valence-corrected chi connectivity index (χ0v) is 11.8. The molecule has 2 aromatic heterocycles. The zero-order chi connectivity index (χ0) is 15.6. The molecule has 8 heteroatoms. The van der Waals surface area contributed by atoms with E-state index in [-0.39, 0.29) is 11.6 Å². The molecule has 0 saturated carbocycles. The molecule has 2 heterocycles. The maximum Gasteiger partial charge on any atom is 0.422 e. The molecule has 0 saturated heterocycles. The normalized spacial score (nSPS) is 11.6. The van der Waals surface area contributed by atoms with Gasteiger partial charge in [-0.3, -0.25) is 0 Å². The first-order valence-electron chi connectivity index (χ1n) is 6.19. The van der Waals surface area contributed by atoms with Gasteiger partial charge in [0.05, 0.1) is 4.88 Å². The van der Waals surface area contributed by atoms with Crippen LogP contribution in [0.15, 0.2) is 46.3 Å². The average molecular weight is 326 g/mol. The molecule has 0 atom stereocenters. The largest absolute Gasteiger partial charge is 0.484 e. The predicted molar refractivity (Wildman–Crippen MR) is 74.6 cm³/mol. The molecule has 0 unspecified atom stereocenters. The van der Waals surface area contributed by atoms with Gasteiger partial charge >= 0.3 is 6.18 Å². The molecule has 0 aliphatic heterocycles. The van der Waals surface area contributed by atoms with Crippen molar-refractivity contribution in [2.45, 2.75) is 6.18 Å². The van der Waals surface area contributed by atoms with Crippen molar-refractivity contribution >= 4 is 11.3 Å². The third-order valence-corrected chi connectivity index (χ3v) is 3.52. The molecule has 3 aromatic rings. The minimum atomic E-state index is -4.38. The smallest absolute Gasteiger partial charge is 0.422 e. The minimum Gasteiger partial charge on any atom is -0.484 e. The Kier molecular flexibility index (Phi) is 3.84. The molecule has 0 radical (unpaired) electrons. The Morgan fingerprint density at radius 1 is 1.18 bits per heavy atom. The molecule has 0 N–H and O–H groups in total. The Bertz CT molecular complexity index is 754. The number of rotatable bonds is 4. The molecule has 0 aliphatic rings. The van der Waals surface area contributed by atoms with E-state index in [1.54, 1.807) is 12.1 Å². The Hall–Kier alpha value is -2.35. The lowest BCUT2D eigenvalue weighted by atomic mass is 10.2. The van der Waals surface area contributed by atoms with Crippen LogP contribution in [-0.4, -0.2) is 22.9 Å². The predicted octanol–water partition coefficient (Wildman–Crippen LogP) is 4.41. The van der Waals surface area contributed by atoms with Crippen molar-refractivity contribution in [3.05, 3.63) is 41.8 Å². The van der Waals surface area contributed by atoms with Crippen LogP contribution in [0.3, 0.4) is 0 Å². The zero-order valence-electron chi connectivity index (χ0n) is 11.0.